The fraction of sp³-hybridized carbons (Fsp3) is 0.588. The van der Waals surface area contributed by atoms with Gasteiger partial charge >= 0.3 is 6.03 Å². The van der Waals surface area contributed by atoms with Crippen LogP contribution in [0.15, 0.2) is 18.2 Å². The highest BCUT2D eigenvalue weighted by atomic mass is 32.1. The van der Waals surface area contributed by atoms with Crippen LogP contribution >= 0.6 is 11.7 Å². The second-order valence-electron chi connectivity index (χ2n) is 8.24. The van der Waals surface area contributed by atoms with Crippen LogP contribution in [0.5, 0.6) is 0 Å². The third kappa shape index (κ3) is 2.69. The summed E-state index contributed by atoms with van der Waals surface area (Å²) < 4.78 is 8.43. The van der Waals surface area contributed by atoms with E-state index in [2.05, 4.69) is 34.8 Å². The first-order chi connectivity index (χ1) is 10.8. The van der Waals surface area contributed by atoms with Crippen molar-refractivity contribution in [3.63, 3.8) is 0 Å². The topological polar surface area (TPSA) is 58.1 Å². The Morgan fingerprint density at radius 1 is 1.26 bits per heavy atom. The lowest BCUT2D eigenvalue weighted by atomic mass is 9.65. The highest BCUT2D eigenvalue weighted by Crippen LogP contribution is 2.52. The van der Waals surface area contributed by atoms with Gasteiger partial charge in [0.05, 0.1) is 11.7 Å². The number of carbonyl (C=O) groups excluding carboxylic acids is 1. The second-order valence-corrected chi connectivity index (χ2v) is 8.77. The number of carbonyl (C=O) groups is 1. The predicted octanol–water partition coefficient (Wildman–Crippen LogP) is 4.12. The number of amides is 2. The van der Waals surface area contributed by atoms with Crippen molar-refractivity contribution in [3.05, 3.63) is 18.2 Å². The Kier molecular flexibility index (Phi) is 3.17. The number of rotatable bonds is 1. The molecule has 1 saturated carbocycles. The van der Waals surface area contributed by atoms with Crippen LogP contribution in [-0.4, -0.2) is 32.3 Å². The Hall–Kier alpha value is -1.69. The summed E-state index contributed by atoms with van der Waals surface area (Å²) in [6.45, 7) is 7.82. The van der Waals surface area contributed by atoms with Crippen molar-refractivity contribution >= 4 is 34.5 Å². The van der Waals surface area contributed by atoms with Gasteiger partial charge in [0.1, 0.15) is 11.0 Å². The van der Waals surface area contributed by atoms with Crippen LogP contribution in [0.4, 0.5) is 10.5 Å². The molecule has 0 spiro atoms. The van der Waals surface area contributed by atoms with Crippen LogP contribution in [0.25, 0.3) is 11.0 Å². The number of likely N-dealkylation sites (tertiary alicyclic amines) is 1. The smallest absolute Gasteiger partial charge is 0.321 e. The summed E-state index contributed by atoms with van der Waals surface area (Å²) in [6.07, 6.45) is 3.40. The minimum atomic E-state index is 0.0129. The van der Waals surface area contributed by atoms with Gasteiger partial charge < -0.3 is 10.2 Å². The Labute approximate surface area is 140 Å². The van der Waals surface area contributed by atoms with E-state index in [0.717, 1.165) is 36.1 Å². The van der Waals surface area contributed by atoms with Crippen molar-refractivity contribution in [3.8, 4) is 0 Å². The van der Waals surface area contributed by atoms with E-state index in [0.29, 0.717) is 11.5 Å². The molecule has 2 aliphatic rings. The van der Waals surface area contributed by atoms with Crippen molar-refractivity contribution in [2.24, 2.45) is 10.8 Å². The number of anilines is 1. The van der Waals surface area contributed by atoms with Gasteiger partial charge in [-0.25, -0.2) is 4.79 Å². The first kappa shape index (κ1) is 14.9. The number of benzene rings is 1. The van der Waals surface area contributed by atoms with E-state index in [1.807, 2.05) is 23.1 Å². The van der Waals surface area contributed by atoms with E-state index in [9.17, 15) is 4.79 Å². The zero-order valence-electron chi connectivity index (χ0n) is 13.8. The lowest BCUT2D eigenvalue weighted by Gasteiger charge is -2.39. The molecule has 1 aromatic carbocycles. The first-order valence-electron chi connectivity index (χ1n) is 8.14. The van der Waals surface area contributed by atoms with Gasteiger partial charge in [0.2, 0.25) is 0 Å². The van der Waals surface area contributed by atoms with Gasteiger partial charge in [-0.3, -0.25) is 0 Å². The summed E-state index contributed by atoms with van der Waals surface area (Å²) in [5, 5.41) is 3.05. The van der Waals surface area contributed by atoms with Crippen LogP contribution in [0.3, 0.4) is 0 Å². The average molecular weight is 330 g/mol. The SMILES string of the molecule is CC1(C)C[C@H]2C[C@@](C)(CN2C(=O)Nc2ccc3nsnc3c2)C1. The first-order valence-corrected chi connectivity index (χ1v) is 8.87. The molecular formula is C17H22N4OS. The molecule has 1 N–H and O–H groups in total. The van der Waals surface area contributed by atoms with E-state index in [1.165, 1.54) is 18.1 Å². The number of hydrogen-bond donors (Lipinski definition) is 1. The summed E-state index contributed by atoms with van der Waals surface area (Å²) in [5.41, 5.74) is 3.08. The third-order valence-electron chi connectivity index (χ3n) is 5.18. The molecule has 1 aromatic heterocycles. The van der Waals surface area contributed by atoms with Crippen LogP contribution in [0, 0.1) is 10.8 Å². The maximum Gasteiger partial charge on any atom is 0.322 e. The number of urea groups is 1. The van der Waals surface area contributed by atoms with E-state index in [4.69, 9.17) is 0 Å². The van der Waals surface area contributed by atoms with Gasteiger partial charge in [-0.05, 0) is 48.3 Å². The fourth-order valence-corrected chi connectivity index (χ4v) is 5.27. The number of aromatic nitrogens is 2. The summed E-state index contributed by atoms with van der Waals surface area (Å²) in [4.78, 5) is 14.8. The molecule has 2 fully saturated rings. The maximum atomic E-state index is 12.8. The summed E-state index contributed by atoms with van der Waals surface area (Å²) in [5.74, 6) is 0. The van der Waals surface area contributed by atoms with Crippen molar-refractivity contribution in [2.45, 2.75) is 46.1 Å². The maximum absolute atomic E-state index is 12.8. The zero-order chi connectivity index (χ0) is 16.2. The van der Waals surface area contributed by atoms with Crippen LogP contribution in [0.2, 0.25) is 0 Å². The molecule has 0 radical (unpaired) electrons. The van der Waals surface area contributed by atoms with Crippen LogP contribution in [-0.2, 0) is 0 Å². The molecule has 122 valence electrons. The highest BCUT2D eigenvalue weighted by Gasteiger charge is 2.50. The molecular weight excluding hydrogens is 308 g/mol. The molecule has 0 unspecified atom stereocenters. The molecule has 2 aromatic rings. The zero-order valence-corrected chi connectivity index (χ0v) is 14.6. The summed E-state index contributed by atoms with van der Waals surface area (Å²) in [6, 6.07) is 6.06. The Morgan fingerprint density at radius 3 is 2.87 bits per heavy atom. The van der Waals surface area contributed by atoms with Crippen molar-refractivity contribution in [1.82, 2.24) is 13.6 Å². The van der Waals surface area contributed by atoms with Gasteiger partial charge in [-0.1, -0.05) is 20.8 Å². The minimum Gasteiger partial charge on any atom is -0.321 e. The predicted molar refractivity (Wildman–Crippen MR) is 92.7 cm³/mol. The number of nitrogens with one attached hydrogen (secondary N) is 1. The molecule has 2 heterocycles. The van der Waals surface area contributed by atoms with E-state index < -0.39 is 0 Å². The molecule has 5 nitrogen and oxygen atoms in total. The minimum absolute atomic E-state index is 0.0129. The third-order valence-corrected chi connectivity index (χ3v) is 5.74. The average Bonchev–Trinajstić information content (AvgIpc) is 2.99. The van der Waals surface area contributed by atoms with Gasteiger partial charge in [0.25, 0.3) is 0 Å². The molecule has 1 aliphatic carbocycles. The Balaban J connectivity index is 1.53. The second kappa shape index (κ2) is 4.90. The standard InChI is InChI=1S/C17H22N4OS/c1-16(2)7-12-8-17(3,9-16)10-21(12)15(22)18-11-4-5-13-14(6-11)20-23-19-13/h4-6,12H,7-10H2,1-3H3,(H,18,22)/t12-,17+/m0/s1. The number of nitrogens with zero attached hydrogens (tertiary/aromatic N) is 3. The van der Waals surface area contributed by atoms with Gasteiger partial charge in [-0.15, -0.1) is 0 Å². The molecule has 23 heavy (non-hydrogen) atoms. The summed E-state index contributed by atoms with van der Waals surface area (Å²) >= 11 is 1.19. The van der Waals surface area contributed by atoms with E-state index in [1.54, 1.807) is 0 Å². The molecule has 6 heteroatoms. The van der Waals surface area contributed by atoms with Gasteiger partial charge in [-0.2, -0.15) is 8.75 Å². The molecule has 1 aliphatic heterocycles. The van der Waals surface area contributed by atoms with E-state index in [-0.39, 0.29) is 11.4 Å². The number of hydrogen-bond acceptors (Lipinski definition) is 4. The number of fused-ring (bicyclic) bond motifs is 3. The Morgan fingerprint density at radius 2 is 2.04 bits per heavy atom. The quantitative estimate of drug-likeness (QED) is 0.855. The molecule has 1 saturated heterocycles. The van der Waals surface area contributed by atoms with Crippen LogP contribution in [0.1, 0.15) is 40.0 Å². The Bertz CT molecular complexity index is 771. The van der Waals surface area contributed by atoms with Crippen molar-refractivity contribution in [1.29, 1.82) is 0 Å². The molecule has 2 atom stereocenters. The summed E-state index contributed by atoms with van der Waals surface area (Å²) in [7, 11) is 0. The van der Waals surface area contributed by atoms with Gasteiger partial charge in [0.15, 0.2) is 0 Å². The normalized spacial score (nSPS) is 29.0. The molecule has 2 bridgehead atoms. The fourth-order valence-electron chi connectivity index (χ4n) is 4.75. The van der Waals surface area contributed by atoms with Gasteiger partial charge in [0, 0.05) is 18.3 Å². The molecule has 4 rings (SSSR count). The lowest BCUT2D eigenvalue weighted by Crippen LogP contribution is -2.40. The largest absolute Gasteiger partial charge is 0.322 e. The van der Waals surface area contributed by atoms with E-state index >= 15 is 0 Å². The van der Waals surface area contributed by atoms with Crippen LogP contribution < -0.4 is 5.32 Å². The van der Waals surface area contributed by atoms with Crippen molar-refractivity contribution < 1.29 is 4.79 Å². The highest BCUT2D eigenvalue weighted by molar-refractivity contribution is 7.00. The molecule has 2 amide bonds. The monoisotopic (exact) mass is 330 g/mol. The lowest BCUT2D eigenvalue weighted by molar-refractivity contribution is 0.130. The van der Waals surface area contributed by atoms with Crippen molar-refractivity contribution in [2.75, 3.05) is 11.9 Å².